The summed E-state index contributed by atoms with van der Waals surface area (Å²) in [6, 6.07) is 5.37. The second kappa shape index (κ2) is 4.21. The minimum atomic E-state index is -0.469. The van der Waals surface area contributed by atoms with E-state index >= 15 is 0 Å². The zero-order valence-corrected chi connectivity index (χ0v) is 8.49. The van der Waals surface area contributed by atoms with Crippen molar-refractivity contribution >= 4 is 5.97 Å². The van der Waals surface area contributed by atoms with Gasteiger partial charge in [0.1, 0.15) is 5.75 Å². The van der Waals surface area contributed by atoms with Crippen molar-refractivity contribution in [2.45, 2.75) is 19.8 Å². The highest BCUT2D eigenvalue weighted by Gasteiger charge is 2.11. The molecule has 0 aromatic heterocycles. The molecule has 0 aliphatic carbocycles. The molecule has 1 aromatic carbocycles. The van der Waals surface area contributed by atoms with Gasteiger partial charge >= 0.3 is 5.97 Å². The summed E-state index contributed by atoms with van der Waals surface area (Å²) in [6.45, 7) is 2.05. The molecule has 4 nitrogen and oxygen atoms in total. The Bertz CT molecular complexity index is 373. The Kier molecular flexibility index (Phi) is 2.76. The highest BCUT2D eigenvalue weighted by atomic mass is 17.2. The van der Waals surface area contributed by atoms with Crippen LogP contribution >= 0.6 is 0 Å². The highest BCUT2D eigenvalue weighted by Crippen LogP contribution is 2.28. The molecule has 0 spiro atoms. The van der Waals surface area contributed by atoms with Gasteiger partial charge in [-0.2, -0.15) is 0 Å². The van der Waals surface area contributed by atoms with Gasteiger partial charge < -0.3 is 4.74 Å². The summed E-state index contributed by atoms with van der Waals surface area (Å²) in [5.74, 6) is 0.940. The third kappa shape index (κ3) is 2.40. The van der Waals surface area contributed by atoms with Gasteiger partial charge in [-0.25, -0.2) is 4.79 Å². The van der Waals surface area contributed by atoms with Crippen LogP contribution in [0.5, 0.6) is 11.5 Å². The van der Waals surface area contributed by atoms with Crippen molar-refractivity contribution in [1.82, 2.24) is 0 Å². The van der Waals surface area contributed by atoms with E-state index in [4.69, 9.17) is 9.62 Å². The fraction of sp³-hybridized carbons (Fsp3) is 0.364. The van der Waals surface area contributed by atoms with Crippen LogP contribution in [0.25, 0.3) is 0 Å². The smallest absolute Gasteiger partial charge is 0.352 e. The summed E-state index contributed by atoms with van der Waals surface area (Å²) in [5.41, 5.74) is 1.09. The number of aryl methyl sites for hydroxylation is 1. The van der Waals surface area contributed by atoms with E-state index in [0.29, 0.717) is 5.75 Å². The molecule has 0 saturated carbocycles. The quantitative estimate of drug-likeness (QED) is 0.549. The van der Waals surface area contributed by atoms with Crippen molar-refractivity contribution < 1.29 is 19.3 Å². The molecule has 0 bridgehead atoms. The fourth-order valence-electron chi connectivity index (χ4n) is 1.50. The van der Waals surface area contributed by atoms with Gasteiger partial charge in [0.2, 0.25) is 0 Å². The maximum Gasteiger partial charge on any atom is 0.352 e. The maximum absolute atomic E-state index is 10.5. The fourth-order valence-corrected chi connectivity index (χ4v) is 1.50. The van der Waals surface area contributed by atoms with Crippen LogP contribution in [0.2, 0.25) is 0 Å². The molecule has 0 N–H and O–H groups in total. The first-order valence-electron chi connectivity index (χ1n) is 4.86. The lowest BCUT2D eigenvalue weighted by atomic mass is 10.1. The minimum absolute atomic E-state index is 0.469. The van der Waals surface area contributed by atoms with E-state index in [-0.39, 0.29) is 0 Å². The Morgan fingerprint density at radius 1 is 1.47 bits per heavy atom. The van der Waals surface area contributed by atoms with Crippen LogP contribution < -0.4 is 9.62 Å². The summed E-state index contributed by atoms with van der Waals surface area (Å²) in [4.78, 5) is 19.8. The summed E-state index contributed by atoms with van der Waals surface area (Å²) in [7, 11) is 0. The van der Waals surface area contributed by atoms with E-state index in [2.05, 4.69) is 4.89 Å². The largest absolute Gasteiger partial charge is 0.493 e. The zero-order valence-electron chi connectivity index (χ0n) is 8.49. The Labute approximate surface area is 87.7 Å². The lowest BCUT2D eigenvalue weighted by Gasteiger charge is -2.17. The molecule has 4 heteroatoms. The predicted octanol–water partition coefficient (Wildman–Crippen LogP) is 1.87. The average molecular weight is 208 g/mol. The molecule has 15 heavy (non-hydrogen) atoms. The second-order valence-electron chi connectivity index (χ2n) is 3.38. The van der Waals surface area contributed by atoms with E-state index in [1.807, 2.05) is 12.1 Å². The summed E-state index contributed by atoms with van der Waals surface area (Å²) in [5, 5.41) is 0. The van der Waals surface area contributed by atoms with E-state index in [1.54, 1.807) is 6.07 Å². The van der Waals surface area contributed by atoms with Gasteiger partial charge in [-0.05, 0) is 36.6 Å². The molecule has 80 valence electrons. The van der Waals surface area contributed by atoms with Gasteiger partial charge in [0, 0.05) is 6.92 Å². The lowest BCUT2D eigenvalue weighted by molar-refractivity contribution is -0.210. The molecule has 1 heterocycles. The van der Waals surface area contributed by atoms with Gasteiger partial charge in [-0.1, -0.05) is 0 Å². The van der Waals surface area contributed by atoms with Crippen LogP contribution in [0.15, 0.2) is 18.2 Å². The van der Waals surface area contributed by atoms with Gasteiger partial charge in [0.05, 0.1) is 6.61 Å². The number of carbonyl (C=O) groups excluding carboxylic acids is 1. The monoisotopic (exact) mass is 208 g/mol. The Hall–Kier alpha value is -1.71. The highest BCUT2D eigenvalue weighted by molar-refractivity contribution is 5.65. The third-order valence-electron chi connectivity index (χ3n) is 2.14. The number of benzene rings is 1. The van der Waals surface area contributed by atoms with Crippen molar-refractivity contribution in [3.63, 3.8) is 0 Å². The van der Waals surface area contributed by atoms with Crippen molar-refractivity contribution in [3.05, 3.63) is 23.8 Å². The second-order valence-corrected chi connectivity index (χ2v) is 3.38. The van der Waals surface area contributed by atoms with Crippen molar-refractivity contribution in [2.75, 3.05) is 6.61 Å². The first-order valence-corrected chi connectivity index (χ1v) is 4.86. The first kappa shape index (κ1) is 9.83. The molecule has 1 aromatic rings. The van der Waals surface area contributed by atoms with E-state index in [9.17, 15) is 4.79 Å². The van der Waals surface area contributed by atoms with Gasteiger partial charge in [0.15, 0.2) is 5.75 Å². The third-order valence-corrected chi connectivity index (χ3v) is 2.14. The summed E-state index contributed by atoms with van der Waals surface area (Å²) in [6.07, 6.45) is 1.97. The van der Waals surface area contributed by atoms with Crippen LogP contribution in [0, 0.1) is 0 Å². The van der Waals surface area contributed by atoms with Crippen LogP contribution in [0.4, 0.5) is 0 Å². The topological polar surface area (TPSA) is 44.8 Å². The molecule has 0 radical (unpaired) electrons. The SMILES string of the molecule is CC(=O)OOc1ccc2c(c1)CCCO2. The Balaban J connectivity index is 2.10. The molecule has 0 fully saturated rings. The van der Waals surface area contributed by atoms with E-state index in [0.717, 1.165) is 30.8 Å². The van der Waals surface area contributed by atoms with Crippen LogP contribution in [-0.2, 0) is 16.1 Å². The molecule has 1 aliphatic heterocycles. The number of fused-ring (bicyclic) bond motifs is 1. The minimum Gasteiger partial charge on any atom is -0.493 e. The Morgan fingerprint density at radius 2 is 2.33 bits per heavy atom. The normalized spacial score (nSPS) is 13.7. The molecule has 0 unspecified atom stereocenters. The van der Waals surface area contributed by atoms with Crippen molar-refractivity contribution in [3.8, 4) is 11.5 Å². The number of hydrogen-bond donors (Lipinski definition) is 0. The lowest BCUT2D eigenvalue weighted by Crippen LogP contribution is -2.09. The molecule has 2 rings (SSSR count). The number of ether oxygens (including phenoxy) is 1. The van der Waals surface area contributed by atoms with E-state index in [1.165, 1.54) is 6.92 Å². The number of hydrogen-bond acceptors (Lipinski definition) is 4. The van der Waals surface area contributed by atoms with Crippen LogP contribution in [0.1, 0.15) is 18.9 Å². The molecule has 0 saturated heterocycles. The Morgan fingerprint density at radius 3 is 3.13 bits per heavy atom. The number of rotatable bonds is 2. The summed E-state index contributed by atoms with van der Waals surface area (Å²) >= 11 is 0. The van der Waals surface area contributed by atoms with Crippen LogP contribution in [-0.4, -0.2) is 12.6 Å². The van der Waals surface area contributed by atoms with Crippen molar-refractivity contribution in [1.29, 1.82) is 0 Å². The number of carbonyl (C=O) groups is 1. The average Bonchev–Trinajstić information content (AvgIpc) is 2.26. The standard InChI is InChI=1S/C11H12O4/c1-8(12)14-15-10-4-5-11-9(7-10)3-2-6-13-11/h4-5,7H,2-3,6H2,1H3. The molecule has 1 aliphatic rings. The molecular formula is C11H12O4. The zero-order chi connectivity index (χ0) is 10.7. The van der Waals surface area contributed by atoms with Crippen molar-refractivity contribution in [2.24, 2.45) is 0 Å². The molecular weight excluding hydrogens is 196 g/mol. The van der Waals surface area contributed by atoms with Gasteiger partial charge in [0.25, 0.3) is 0 Å². The predicted molar refractivity (Wildman–Crippen MR) is 52.7 cm³/mol. The van der Waals surface area contributed by atoms with Gasteiger partial charge in [-0.3, -0.25) is 9.78 Å². The van der Waals surface area contributed by atoms with Crippen LogP contribution in [0.3, 0.4) is 0 Å². The van der Waals surface area contributed by atoms with Gasteiger partial charge in [-0.15, -0.1) is 0 Å². The molecule has 0 atom stereocenters. The van der Waals surface area contributed by atoms with E-state index < -0.39 is 5.97 Å². The maximum atomic E-state index is 10.5. The summed E-state index contributed by atoms with van der Waals surface area (Å²) < 4.78 is 5.44. The first-order chi connectivity index (χ1) is 7.25. The molecule has 0 amide bonds.